The topological polar surface area (TPSA) is 46.6 Å². The van der Waals surface area contributed by atoms with Crippen LogP contribution in [0.3, 0.4) is 0 Å². The highest BCUT2D eigenvalue weighted by molar-refractivity contribution is 6.05. The standard InChI is InChI=1S/C18H25NO3/c1-12(2)18(5)11-15(20)19(17(18)21)9-10-22-16-13(3)7-6-8-14(16)4/h6-8,12H,9-11H2,1-5H3. The molecule has 1 aromatic carbocycles. The molecule has 1 aromatic rings. The van der Waals surface area contributed by atoms with Gasteiger partial charge in [-0.2, -0.15) is 0 Å². The summed E-state index contributed by atoms with van der Waals surface area (Å²) in [6, 6.07) is 5.97. The molecule has 0 spiro atoms. The summed E-state index contributed by atoms with van der Waals surface area (Å²) in [7, 11) is 0. The van der Waals surface area contributed by atoms with Gasteiger partial charge in [0, 0.05) is 6.42 Å². The molecule has 1 fully saturated rings. The molecule has 0 N–H and O–H groups in total. The van der Waals surface area contributed by atoms with E-state index in [4.69, 9.17) is 4.74 Å². The Morgan fingerprint density at radius 1 is 1.23 bits per heavy atom. The van der Waals surface area contributed by atoms with Gasteiger partial charge in [0.05, 0.1) is 12.0 Å². The quantitative estimate of drug-likeness (QED) is 0.785. The van der Waals surface area contributed by atoms with Crippen LogP contribution in [-0.4, -0.2) is 29.9 Å². The van der Waals surface area contributed by atoms with Crippen LogP contribution in [0, 0.1) is 25.2 Å². The van der Waals surface area contributed by atoms with Crippen molar-refractivity contribution in [3.05, 3.63) is 29.3 Å². The monoisotopic (exact) mass is 303 g/mol. The highest BCUT2D eigenvalue weighted by Gasteiger charge is 2.49. The first kappa shape index (κ1) is 16.5. The fourth-order valence-electron chi connectivity index (χ4n) is 2.85. The van der Waals surface area contributed by atoms with E-state index >= 15 is 0 Å². The largest absolute Gasteiger partial charge is 0.491 e. The smallest absolute Gasteiger partial charge is 0.236 e. The van der Waals surface area contributed by atoms with Crippen molar-refractivity contribution in [2.24, 2.45) is 11.3 Å². The van der Waals surface area contributed by atoms with Gasteiger partial charge in [0.15, 0.2) is 0 Å². The molecule has 0 aromatic heterocycles. The molecule has 2 amide bonds. The van der Waals surface area contributed by atoms with Gasteiger partial charge in [0.2, 0.25) is 11.8 Å². The highest BCUT2D eigenvalue weighted by Crippen LogP contribution is 2.39. The number of rotatable bonds is 5. The van der Waals surface area contributed by atoms with Crippen LogP contribution in [0.1, 0.15) is 38.3 Å². The molecule has 22 heavy (non-hydrogen) atoms. The molecular formula is C18H25NO3. The molecule has 4 nitrogen and oxygen atoms in total. The summed E-state index contributed by atoms with van der Waals surface area (Å²) in [6.45, 7) is 10.5. The summed E-state index contributed by atoms with van der Waals surface area (Å²) >= 11 is 0. The van der Waals surface area contributed by atoms with Gasteiger partial charge in [0.1, 0.15) is 12.4 Å². The van der Waals surface area contributed by atoms with Crippen molar-refractivity contribution in [1.29, 1.82) is 0 Å². The zero-order valence-electron chi connectivity index (χ0n) is 14.1. The fourth-order valence-corrected chi connectivity index (χ4v) is 2.85. The second-order valence-corrected chi connectivity index (χ2v) is 6.67. The number of para-hydroxylation sites is 1. The van der Waals surface area contributed by atoms with Crippen LogP contribution in [0.25, 0.3) is 0 Å². The van der Waals surface area contributed by atoms with E-state index in [2.05, 4.69) is 0 Å². The lowest BCUT2D eigenvalue weighted by Crippen LogP contribution is -2.39. The van der Waals surface area contributed by atoms with Crippen LogP contribution in [0.4, 0.5) is 0 Å². The lowest BCUT2D eigenvalue weighted by Gasteiger charge is -2.26. The van der Waals surface area contributed by atoms with Gasteiger partial charge < -0.3 is 4.74 Å². The minimum absolute atomic E-state index is 0.0717. The van der Waals surface area contributed by atoms with Gasteiger partial charge in [-0.1, -0.05) is 32.0 Å². The van der Waals surface area contributed by atoms with Gasteiger partial charge >= 0.3 is 0 Å². The summed E-state index contributed by atoms with van der Waals surface area (Å²) < 4.78 is 5.81. The van der Waals surface area contributed by atoms with Gasteiger partial charge in [-0.15, -0.1) is 0 Å². The van der Waals surface area contributed by atoms with Gasteiger partial charge in [-0.25, -0.2) is 0 Å². The summed E-state index contributed by atoms with van der Waals surface area (Å²) in [5.41, 5.74) is 1.55. The van der Waals surface area contributed by atoms with E-state index in [0.717, 1.165) is 16.9 Å². The number of hydrogen-bond acceptors (Lipinski definition) is 3. The van der Waals surface area contributed by atoms with E-state index in [1.54, 1.807) is 0 Å². The third kappa shape index (κ3) is 2.87. The SMILES string of the molecule is Cc1cccc(C)c1OCCN1C(=O)CC(C)(C(C)C)C1=O. The highest BCUT2D eigenvalue weighted by atomic mass is 16.5. The Balaban J connectivity index is 2.01. The van der Waals surface area contributed by atoms with Crippen molar-refractivity contribution in [3.8, 4) is 5.75 Å². The molecule has 1 heterocycles. The lowest BCUT2D eigenvalue weighted by molar-refractivity contribution is -0.142. The third-order valence-corrected chi connectivity index (χ3v) is 4.80. The molecule has 1 unspecified atom stereocenters. The maximum absolute atomic E-state index is 12.5. The number of imide groups is 1. The number of ether oxygens (including phenoxy) is 1. The molecule has 0 radical (unpaired) electrons. The second-order valence-electron chi connectivity index (χ2n) is 6.67. The number of carbonyl (C=O) groups is 2. The average Bonchev–Trinajstić information content (AvgIpc) is 2.66. The Labute approximate surface area is 132 Å². The molecule has 1 saturated heterocycles. The van der Waals surface area contributed by atoms with Crippen molar-refractivity contribution in [1.82, 2.24) is 4.90 Å². The van der Waals surface area contributed by atoms with Gasteiger partial charge in [-0.3, -0.25) is 14.5 Å². The van der Waals surface area contributed by atoms with E-state index < -0.39 is 5.41 Å². The van der Waals surface area contributed by atoms with Crippen LogP contribution in [0.2, 0.25) is 0 Å². The molecule has 120 valence electrons. The normalized spacial score (nSPS) is 21.8. The minimum atomic E-state index is -0.574. The third-order valence-electron chi connectivity index (χ3n) is 4.80. The summed E-state index contributed by atoms with van der Waals surface area (Å²) in [5, 5.41) is 0. The zero-order chi connectivity index (χ0) is 16.5. The number of benzene rings is 1. The average molecular weight is 303 g/mol. The molecule has 0 bridgehead atoms. The van der Waals surface area contributed by atoms with Gasteiger partial charge in [-0.05, 0) is 37.8 Å². The molecular weight excluding hydrogens is 278 g/mol. The Hall–Kier alpha value is -1.84. The van der Waals surface area contributed by atoms with Crippen molar-refractivity contribution < 1.29 is 14.3 Å². The van der Waals surface area contributed by atoms with E-state index in [1.165, 1.54) is 4.90 Å². The Morgan fingerprint density at radius 2 is 1.82 bits per heavy atom. The fraction of sp³-hybridized carbons (Fsp3) is 0.556. The summed E-state index contributed by atoms with van der Waals surface area (Å²) in [4.78, 5) is 26.0. The van der Waals surface area contributed by atoms with Crippen LogP contribution in [-0.2, 0) is 9.59 Å². The molecule has 1 aliphatic rings. The van der Waals surface area contributed by atoms with Crippen LogP contribution in [0.15, 0.2) is 18.2 Å². The van der Waals surface area contributed by atoms with Crippen LogP contribution in [0.5, 0.6) is 5.75 Å². The van der Waals surface area contributed by atoms with Crippen LogP contribution >= 0.6 is 0 Å². The minimum Gasteiger partial charge on any atom is -0.491 e. The molecule has 0 saturated carbocycles. The number of aryl methyl sites for hydroxylation is 2. The van der Waals surface area contributed by atoms with E-state index in [-0.39, 0.29) is 17.7 Å². The summed E-state index contributed by atoms with van der Waals surface area (Å²) in [6.07, 6.45) is 0.299. The van der Waals surface area contributed by atoms with Gasteiger partial charge in [0.25, 0.3) is 0 Å². The maximum atomic E-state index is 12.5. The van der Waals surface area contributed by atoms with E-state index in [1.807, 2.05) is 52.8 Å². The first-order valence-corrected chi connectivity index (χ1v) is 7.81. The maximum Gasteiger partial charge on any atom is 0.236 e. The summed E-state index contributed by atoms with van der Waals surface area (Å²) in [5.74, 6) is 0.825. The van der Waals surface area contributed by atoms with E-state index in [0.29, 0.717) is 19.6 Å². The Kier molecular flexibility index (Phi) is 4.59. The molecule has 1 atom stereocenters. The van der Waals surface area contributed by atoms with Crippen LogP contribution < -0.4 is 4.74 Å². The molecule has 0 aliphatic carbocycles. The number of nitrogens with zero attached hydrogens (tertiary/aromatic N) is 1. The van der Waals surface area contributed by atoms with Crippen molar-refractivity contribution in [2.75, 3.05) is 13.2 Å². The Bertz CT molecular complexity index is 574. The van der Waals surface area contributed by atoms with Crippen molar-refractivity contribution in [2.45, 2.75) is 41.0 Å². The first-order valence-electron chi connectivity index (χ1n) is 7.81. The van der Waals surface area contributed by atoms with E-state index in [9.17, 15) is 9.59 Å². The van der Waals surface area contributed by atoms with Crippen molar-refractivity contribution in [3.63, 3.8) is 0 Å². The molecule has 4 heteroatoms. The number of likely N-dealkylation sites (tertiary alicyclic amines) is 1. The Morgan fingerprint density at radius 3 is 2.32 bits per heavy atom. The molecule has 1 aliphatic heterocycles. The number of hydrogen-bond donors (Lipinski definition) is 0. The second kappa shape index (κ2) is 6.11. The predicted molar refractivity (Wildman–Crippen MR) is 85.7 cm³/mol. The molecule has 2 rings (SSSR count). The number of carbonyl (C=O) groups excluding carboxylic acids is 2. The van der Waals surface area contributed by atoms with Crippen molar-refractivity contribution >= 4 is 11.8 Å². The zero-order valence-corrected chi connectivity index (χ0v) is 14.1. The lowest BCUT2D eigenvalue weighted by atomic mass is 9.78. The number of amides is 2. The first-order chi connectivity index (χ1) is 10.3. The predicted octanol–water partition coefficient (Wildman–Crippen LogP) is 3.10.